The van der Waals surface area contributed by atoms with Crippen LogP contribution in [0.2, 0.25) is 5.02 Å². The summed E-state index contributed by atoms with van der Waals surface area (Å²) >= 11 is 5.80. The zero-order valence-corrected chi connectivity index (χ0v) is 15.5. The van der Waals surface area contributed by atoms with E-state index in [9.17, 15) is 14.0 Å². The van der Waals surface area contributed by atoms with Gasteiger partial charge in [0.2, 0.25) is 11.8 Å². The Balaban J connectivity index is 1.73. The monoisotopic (exact) mass is 399 g/mol. The molecule has 0 spiro atoms. The number of nitrogen functional groups attached to an aromatic ring is 1. The maximum Gasteiger partial charge on any atom is 0.242 e. The van der Waals surface area contributed by atoms with Crippen LogP contribution in [0.5, 0.6) is 0 Å². The van der Waals surface area contributed by atoms with Crippen molar-refractivity contribution in [2.24, 2.45) is 0 Å². The molecule has 9 heteroatoms. The second-order valence-corrected chi connectivity index (χ2v) is 6.81. The van der Waals surface area contributed by atoms with Gasteiger partial charge >= 0.3 is 0 Å². The van der Waals surface area contributed by atoms with Crippen LogP contribution in [-0.2, 0) is 9.59 Å². The minimum absolute atomic E-state index is 0.0627. The summed E-state index contributed by atoms with van der Waals surface area (Å²) in [5.74, 6) is -1.52. The molecule has 0 radical (unpaired) electrons. The van der Waals surface area contributed by atoms with Crippen molar-refractivity contribution in [3.05, 3.63) is 64.7 Å². The summed E-state index contributed by atoms with van der Waals surface area (Å²) in [6, 6.07) is 9.01. The molecule has 0 unspecified atom stereocenters. The number of rotatable bonds is 3. The third kappa shape index (κ3) is 2.82. The molecule has 0 aliphatic carbocycles. The molecule has 1 aliphatic heterocycles. The molecule has 4 rings (SSSR count). The highest BCUT2D eigenvalue weighted by atomic mass is 35.5. The van der Waals surface area contributed by atoms with Gasteiger partial charge in [-0.05, 0) is 37.3 Å². The second kappa shape index (κ2) is 6.72. The predicted octanol–water partition coefficient (Wildman–Crippen LogP) is 3.00. The fourth-order valence-electron chi connectivity index (χ4n) is 3.39. The lowest BCUT2D eigenvalue weighted by Crippen LogP contribution is -2.30. The van der Waals surface area contributed by atoms with Crippen LogP contribution >= 0.6 is 11.6 Å². The Kier molecular flexibility index (Phi) is 4.35. The number of nitrogens with two attached hydrogens (primary N) is 1. The van der Waals surface area contributed by atoms with Gasteiger partial charge in [0.1, 0.15) is 11.6 Å². The van der Waals surface area contributed by atoms with E-state index in [0.717, 1.165) is 11.0 Å². The summed E-state index contributed by atoms with van der Waals surface area (Å²) < 4.78 is 14.9. The molecule has 1 saturated heterocycles. The van der Waals surface area contributed by atoms with Crippen LogP contribution in [0.25, 0.3) is 5.82 Å². The van der Waals surface area contributed by atoms with Crippen molar-refractivity contribution in [2.75, 3.05) is 10.6 Å². The van der Waals surface area contributed by atoms with E-state index in [0.29, 0.717) is 17.1 Å². The molecule has 3 aromatic rings. The first-order valence-electron chi connectivity index (χ1n) is 8.46. The van der Waals surface area contributed by atoms with Crippen LogP contribution in [-0.4, -0.2) is 26.6 Å². The van der Waals surface area contributed by atoms with E-state index < -0.39 is 23.5 Å². The minimum Gasteiger partial charge on any atom is -0.383 e. The predicted molar refractivity (Wildman–Crippen MR) is 102 cm³/mol. The van der Waals surface area contributed by atoms with Crippen LogP contribution in [0.3, 0.4) is 0 Å². The second-order valence-electron chi connectivity index (χ2n) is 6.41. The third-order valence-electron chi connectivity index (χ3n) is 4.67. The van der Waals surface area contributed by atoms with E-state index >= 15 is 0 Å². The van der Waals surface area contributed by atoms with Crippen LogP contribution in [0, 0.1) is 12.7 Å². The van der Waals surface area contributed by atoms with Gasteiger partial charge in [0.25, 0.3) is 0 Å². The molecule has 7 nitrogen and oxygen atoms in total. The Morgan fingerprint density at radius 3 is 2.71 bits per heavy atom. The molecule has 142 valence electrons. The van der Waals surface area contributed by atoms with Crippen molar-refractivity contribution in [3.63, 3.8) is 0 Å². The first-order chi connectivity index (χ1) is 13.4. The van der Waals surface area contributed by atoms with Crippen LogP contribution < -0.4 is 10.6 Å². The Bertz CT molecular complexity index is 1100. The average Bonchev–Trinajstić information content (AvgIpc) is 3.13. The summed E-state index contributed by atoms with van der Waals surface area (Å²) in [5.41, 5.74) is 7.50. The first-order valence-corrected chi connectivity index (χ1v) is 8.84. The molecule has 0 bridgehead atoms. The van der Waals surface area contributed by atoms with Crippen molar-refractivity contribution in [1.29, 1.82) is 0 Å². The van der Waals surface area contributed by atoms with E-state index in [4.69, 9.17) is 17.3 Å². The molecule has 3 heterocycles. The quantitative estimate of drug-likeness (QED) is 0.683. The highest BCUT2D eigenvalue weighted by Crippen LogP contribution is 2.38. The van der Waals surface area contributed by atoms with Crippen molar-refractivity contribution >= 4 is 34.9 Å². The van der Waals surface area contributed by atoms with Gasteiger partial charge in [0, 0.05) is 18.2 Å². The van der Waals surface area contributed by atoms with Gasteiger partial charge in [0.05, 0.1) is 22.3 Å². The molecular weight excluding hydrogens is 385 g/mol. The number of hydrogen-bond donors (Lipinski definition) is 1. The number of pyridine rings is 1. The van der Waals surface area contributed by atoms with Crippen molar-refractivity contribution in [1.82, 2.24) is 14.8 Å². The highest BCUT2D eigenvalue weighted by molar-refractivity contribution is 6.31. The fraction of sp³-hybridized carbons (Fsp3) is 0.158. The zero-order valence-electron chi connectivity index (χ0n) is 14.8. The first kappa shape index (κ1) is 18.1. The molecule has 28 heavy (non-hydrogen) atoms. The van der Waals surface area contributed by atoms with E-state index in [1.54, 1.807) is 31.3 Å². The molecule has 0 saturated carbocycles. The van der Waals surface area contributed by atoms with Crippen LogP contribution in [0.15, 0.2) is 42.6 Å². The van der Waals surface area contributed by atoms with Crippen LogP contribution in [0.1, 0.15) is 23.6 Å². The largest absolute Gasteiger partial charge is 0.383 e. The van der Waals surface area contributed by atoms with Crippen LogP contribution in [0.4, 0.5) is 15.9 Å². The van der Waals surface area contributed by atoms with E-state index in [-0.39, 0.29) is 22.9 Å². The Labute approximate surface area is 164 Å². The summed E-state index contributed by atoms with van der Waals surface area (Å²) in [6.07, 6.45) is 1.54. The maximum atomic E-state index is 13.4. The van der Waals surface area contributed by atoms with E-state index in [1.807, 2.05) is 0 Å². The third-order valence-corrected chi connectivity index (χ3v) is 4.96. The SMILES string of the molecule is Cc1nn(-c2ccccn2)c(N)c1[C@H]1CC(=O)N(c2ccc(F)c(Cl)c2)C1=O. The lowest BCUT2D eigenvalue weighted by molar-refractivity contribution is -0.121. The molecule has 1 aliphatic rings. The number of hydrogen-bond acceptors (Lipinski definition) is 5. The topological polar surface area (TPSA) is 94.1 Å². The number of carbonyl (C=O) groups excluding carboxylic acids is 2. The number of benzene rings is 1. The molecule has 2 amide bonds. The lowest BCUT2D eigenvalue weighted by Gasteiger charge is -2.15. The highest BCUT2D eigenvalue weighted by Gasteiger charge is 2.43. The molecule has 1 aromatic carbocycles. The summed E-state index contributed by atoms with van der Waals surface area (Å²) in [7, 11) is 0. The number of anilines is 2. The van der Waals surface area contributed by atoms with Gasteiger partial charge in [-0.1, -0.05) is 17.7 Å². The van der Waals surface area contributed by atoms with E-state index in [1.165, 1.54) is 16.8 Å². The van der Waals surface area contributed by atoms with Crippen molar-refractivity contribution in [2.45, 2.75) is 19.3 Å². The molecular formula is C19H15ClFN5O2. The normalized spacial score (nSPS) is 16.8. The van der Waals surface area contributed by atoms with E-state index in [2.05, 4.69) is 10.1 Å². The summed E-state index contributed by atoms with van der Waals surface area (Å²) in [5, 5.41) is 4.22. The summed E-state index contributed by atoms with van der Waals surface area (Å²) in [4.78, 5) is 30.8. The van der Waals surface area contributed by atoms with Gasteiger partial charge < -0.3 is 5.73 Å². The smallest absolute Gasteiger partial charge is 0.242 e. The number of nitrogens with zero attached hydrogens (tertiary/aromatic N) is 4. The molecule has 2 aromatic heterocycles. The maximum absolute atomic E-state index is 13.4. The Morgan fingerprint density at radius 1 is 1.25 bits per heavy atom. The number of amides is 2. The Morgan fingerprint density at radius 2 is 2.04 bits per heavy atom. The van der Waals surface area contributed by atoms with Crippen molar-refractivity contribution < 1.29 is 14.0 Å². The van der Waals surface area contributed by atoms with Crippen molar-refractivity contribution in [3.8, 4) is 5.82 Å². The number of carbonyl (C=O) groups is 2. The lowest BCUT2D eigenvalue weighted by atomic mass is 9.97. The average molecular weight is 400 g/mol. The standard InChI is InChI=1S/C19H15ClFN5O2/c1-10-17(18(22)26(24-10)15-4-2-3-7-23-15)12-9-16(27)25(19(12)28)11-5-6-14(21)13(20)8-11/h2-8,12H,9,22H2,1H3/t12-/m1/s1. The molecule has 2 N–H and O–H groups in total. The van der Waals surface area contributed by atoms with Gasteiger partial charge in [-0.25, -0.2) is 14.3 Å². The molecule has 1 fully saturated rings. The number of halogens is 2. The fourth-order valence-corrected chi connectivity index (χ4v) is 3.57. The number of aryl methyl sites for hydroxylation is 1. The Hall–Kier alpha value is -3.26. The molecule has 1 atom stereocenters. The zero-order chi connectivity index (χ0) is 20.0. The van der Waals surface area contributed by atoms with Gasteiger partial charge in [-0.3, -0.25) is 9.59 Å². The van der Waals surface area contributed by atoms with Gasteiger partial charge in [0.15, 0.2) is 5.82 Å². The van der Waals surface area contributed by atoms with Gasteiger partial charge in [-0.15, -0.1) is 0 Å². The number of aromatic nitrogens is 3. The minimum atomic E-state index is -0.784. The van der Waals surface area contributed by atoms with Gasteiger partial charge in [-0.2, -0.15) is 9.78 Å². The number of imide groups is 1. The summed E-state index contributed by atoms with van der Waals surface area (Å²) in [6.45, 7) is 1.72.